The Morgan fingerprint density at radius 1 is 1.00 bits per heavy atom. The van der Waals surface area contributed by atoms with E-state index in [9.17, 15) is 4.79 Å². The standard InChI is InChI=1S/C26H26ClN5OS/c1-17-9-7-8-12-22(17)29-25(33)28-19(3)24-30-31-26(34-16-20-10-5-4-6-11-20)32(24)23-15-21(27)14-13-18(23)2/h4-15,19H,16H2,1-3H3,(H2,28,29,33). The Kier molecular flexibility index (Phi) is 7.55. The smallest absolute Gasteiger partial charge is 0.319 e. The summed E-state index contributed by atoms with van der Waals surface area (Å²) in [6.45, 7) is 5.86. The maximum absolute atomic E-state index is 12.7. The van der Waals surface area contributed by atoms with E-state index in [4.69, 9.17) is 11.6 Å². The van der Waals surface area contributed by atoms with Gasteiger partial charge in [0.15, 0.2) is 11.0 Å². The van der Waals surface area contributed by atoms with E-state index in [1.54, 1.807) is 11.8 Å². The molecule has 1 atom stereocenters. The lowest BCUT2D eigenvalue weighted by Gasteiger charge is -2.18. The number of thioether (sulfide) groups is 1. The maximum Gasteiger partial charge on any atom is 0.319 e. The Balaban J connectivity index is 1.62. The highest BCUT2D eigenvalue weighted by Crippen LogP contribution is 2.30. The summed E-state index contributed by atoms with van der Waals surface area (Å²) in [6, 6.07) is 22.9. The largest absolute Gasteiger partial charge is 0.328 e. The third-order valence-electron chi connectivity index (χ3n) is 5.41. The fourth-order valence-corrected chi connectivity index (χ4v) is 4.63. The van der Waals surface area contributed by atoms with Crippen molar-refractivity contribution in [3.05, 3.63) is 100 Å². The van der Waals surface area contributed by atoms with Crippen molar-refractivity contribution >= 4 is 35.1 Å². The van der Waals surface area contributed by atoms with Gasteiger partial charge < -0.3 is 10.6 Å². The molecule has 0 aliphatic carbocycles. The van der Waals surface area contributed by atoms with E-state index in [1.807, 2.05) is 86.0 Å². The van der Waals surface area contributed by atoms with Gasteiger partial charge >= 0.3 is 6.03 Å². The molecule has 2 N–H and O–H groups in total. The topological polar surface area (TPSA) is 71.8 Å². The molecule has 174 valence electrons. The number of hydrogen-bond donors (Lipinski definition) is 2. The van der Waals surface area contributed by atoms with Gasteiger partial charge in [-0.3, -0.25) is 4.57 Å². The second-order valence-corrected chi connectivity index (χ2v) is 9.40. The van der Waals surface area contributed by atoms with Crippen LogP contribution < -0.4 is 10.6 Å². The fraction of sp³-hybridized carbons (Fsp3) is 0.192. The van der Waals surface area contributed by atoms with Crippen LogP contribution in [0.1, 0.15) is 35.5 Å². The van der Waals surface area contributed by atoms with Crippen LogP contribution in [-0.4, -0.2) is 20.8 Å². The van der Waals surface area contributed by atoms with Gasteiger partial charge in [0, 0.05) is 16.5 Å². The Hall–Kier alpha value is -3.29. The van der Waals surface area contributed by atoms with Gasteiger partial charge in [0.25, 0.3) is 0 Å². The average molecular weight is 492 g/mol. The Morgan fingerprint density at radius 2 is 1.74 bits per heavy atom. The van der Waals surface area contributed by atoms with Crippen molar-refractivity contribution in [3.8, 4) is 5.69 Å². The van der Waals surface area contributed by atoms with Crippen LogP contribution in [0.15, 0.2) is 78.0 Å². The molecule has 6 nitrogen and oxygen atoms in total. The molecule has 0 saturated carbocycles. The summed E-state index contributed by atoms with van der Waals surface area (Å²) in [6.07, 6.45) is 0. The number of carbonyl (C=O) groups excluding carboxylic acids is 1. The molecule has 0 bridgehead atoms. The molecule has 0 saturated heterocycles. The molecule has 8 heteroatoms. The molecule has 34 heavy (non-hydrogen) atoms. The number of aromatic nitrogens is 3. The molecule has 0 aliphatic heterocycles. The van der Waals surface area contributed by atoms with Gasteiger partial charge in [0.1, 0.15) is 0 Å². The number of amides is 2. The second kappa shape index (κ2) is 10.8. The molecular weight excluding hydrogens is 466 g/mol. The molecule has 1 aromatic heterocycles. The summed E-state index contributed by atoms with van der Waals surface area (Å²) in [5.74, 6) is 1.37. The maximum atomic E-state index is 12.7. The van der Waals surface area contributed by atoms with E-state index < -0.39 is 6.04 Å². The number of anilines is 1. The van der Waals surface area contributed by atoms with Crippen LogP contribution in [0.2, 0.25) is 5.02 Å². The molecule has 4 rings (SSSR count). The number of nitrogens with one attached hydrogen (secondary N) is 2. The van der Waals surface area contributed by atoms with E-state index in [0.717, 1.165) is 33.4 Å². The quantitative estimate of drug-likeness (QED) is 0.282. The van der Waals surface area contributed by atoms with Crippen molar-refractivity contribution in [1.82, 2.24) is 20.1 Å². The zero-order valence-corrected chi connectivity index (χ0v) is 20.8. The summed E-state index contributed by atoms with van der Waals surface area (Å²) >= 11 is 7.93. The summed E-state index contributed by atoms with van der Waals surface area (Å²) < 4.78 is 1.98. The van der Waals surface area contributed by atoms with Gasteiger partial charge in [-0.1, -0.05) is 78.0 Å². The first-order valence-electron chi connectivity index (χ1n) is 10.9. The Bertz CT molecular complexity index is 1290. The highest BCUT2D eigenvalue weighted by atomic mass is 35.5. The van der Waals surface area contributed by atoms with Crippen molar-refractivity contribution in [2.24, 2.45) is 0 Å². The number of urea groups is 1. The molecular formula is C26H26ClN5OS. The van der Waals surface area contributed by atoms with Gasteiger partial charge in [-0.05, 0) is 55.7 Å². The minimum absolute atomic E-state index is 0.308. The predicted molar refractivity (Wildman–Crippen MR) is 139 cm³/mol. The van der Waals surface area contributed by atoms with Crippen LogP contribution in [0.4, 0.5) is 10.5 Å². The molecule has 0 radical (unpaired) electrons. The number of hydrogen-bond acceptors (Lipinski definition) is 4. The Morgan fingerprint density at radius 3 is 2.50 bits per heavy atom. The number of nitrogens with zero attached hydrogens (tertiary/aromatic N) is 3. The lowest BCUT2D eigenvalue weighted by Crippen LogP contribution is -2.32. The van der Waals surface area contributed by atoms with Crippen molar-refractivity contribution in [3.63, 3.8) is 0 Å². The number of benzene rings is 3. The molecule has 1 unspecified atom stereocenters. The minimum Gasteiger partial charge on any atom is -0.328 e. The molecule has 0 aliphatic rings. The number of halogens is 1. The van der Waals surface area contributed by atoms with E-state index in [1.165, 1.54) is 5.56 Å². The van der Waals surface area contributed by atoms with E-state index in [0.29, 0.717) is 10.8 Å². The van der Waals surface area contributed by atoms with E-state index >= 15 is 0 Å². The summed E-state index contributed by atoms with van der Waals surface area (Å²) in [5.41, 5.74) is 4.86. The summed E-state index contributed by atoms with van der Waals surface area (Å²) in [4.78, 5) is 12.7. The minimum atomic E-state index is -0.402. The van der Waals surface area contributed by atoms with Crippen molar-refractivity contribution in [2.75, 3.05) is 5.32 Å². The predicted octanol–water partition coefficient (Wildman–Crippen LogP) is 6.71. The summed E-state index contributed by atoms with van der Waals surface area (Å²) in [5, 5.41) is 16.2. The zero-order chi connectivity index (χ0) is 24.1. The van der Waals surface area contributed by atoms with Crippen LogP contribution in [0, 0.1) is 13.8 Å². The Labute approximate surface area is 208 Å². The number of rotatable bonds is 7. The second-order valence-electron chi connectivity index (χ2n) is 8.02. The number of carbonyl (C=O) groups is 1. The molecule has 2 amide bonds. The van der Waals surface area contributed by atoms with E-state index in [2.05, 4.69) is 33.0 Å². The van der Waals surface area contributed by atoms with Gasteiger partial charge in [-0.25, -0.2) is 4.79 Å². The fourth-order valence-electron chi connectivity index (χ4n) is 3.56. The van der Waals surface area contributed by atoms with Gasteiger partial charge in [-0.2, -0.15) is 0 Å². The molecule has 4 aromatic rings. The van der Waals surface area contributed by atoms with Gasteiger partial charge in [-0.15, -0.1) is 10.2 Å². The van der Waals surface area contributed by atoms with Crippen molar-refractivity contribution in [1.29, 1.82) is 0 Å². The molecule has 3 aromatic carbocycles. The van der Waals surface area contributed by atoms with Crippen LogP contribution in [-0.2, 0) is 5.75 Å². The normalized spacial score (nSPS) is 11.8. The highest BCUT2D eigenvalue weighted by Gasteiger charge is 2.22. The lowest BCUT2D eigenvalue weighted by molar-refractivity contribution is 0.248. The lowest BCUT2D eigenvalue weighted by atomic mass is 10.2. The SMILES string of the molecule is Cc1ccccc1NC(=O)NC(C)c1nnc(SCc2ccccc2)n1-c1cc(Cl)ccc1C. The average Bonchev–Trinajstić information content (AvgIpc) is 3.25. The van der Waals surface area contributed by atoms with Gasteiger partial charge in [0.2, 0.25) is 0 Å². The monoisotopic (exact) mass is 491 g/mol. The van der Waals surface area contributed by atoms with Crippen molar-refractivity contribution < 1.29 is 4.79 Å². The molecule has 0 fully saturated rings. The van der Waals surface area contributed by atoms with Crippen LogP contribution in [0.5, 0.6) is 0 Å². The van der Waals surface area contributed by atoms with Crippen molar-refractivity contribution in [2.45, 2.75) is 37.7 Å². The number of aryl methyl sites for hydroxylation is 2. The first-order chi connectivity index (χ1) is 16.4. The van der Waals surface area contributed by atoms with Gasteiger partial charge in [0.05, 0.1) is 11.7 Å². The van der Waals surface area contributed by atoms with Crippen LogP contribution in [0.3, 0.4) is 0 Å². The van der Waals surface area contributed by atoms with Crippen LogP contribution in [0.25, 0.3) is 5.69 Å². The van der Waals surface area contributed by atoms with E-state index in [-0.39, 0.29) is 6.03 Å². The third kappa shape index (κ3) is 5.61. The first-order valence-corrected chi connectivity index (χ1v) is 12.3. The van der Waals surface area contributed by atoms with Crippen LogP contribution >= 0.6 is 23.4 Å². The number of para-hydroxylation sites is 1. The zero-order valence-electron chi connectivity index (χ0n) is 19.2. The third-order valence-corrected chi connectivity index (χ3v) is 6.64. The molecule has 0 spiro atoms. The summed E-state index contributed by atoms with van der Waals surface area (Å²) in [7, 11) is 0. The molecule has 1 heterocycles. The first kappa shape index (κ1) is 23.9. The highest BCUT2D eigenvalue weighted by molar-refractivity contribution is 7.98.